The molecule has 0 aliphatic heterocycles. The van der Waals surface area contributed by atoms with Crippen LogP contribution in [-0.4, -0.2) is 9.91 Å². The number of nitro groups is 1. The van der Waals surface area contributed by atoms with Gasteiger partial charge in [0.1, 0.15) is 0 Å². The van der Waals surface area contributed by atoms with Crippen LogP contribution in [0, 0.1) is 20.7 Å². The minimum absolute atomic E-state index is 0.0238. The lowest BCUT2D eigenvalue weighted by Crippen LogP contribution is -2.01. The fourth-order valence-corrected chi connectivity index (χ4v) is 1.89. The first kappa shape index (κ1) is 11.2. The van der Waals surface area contributed by atoms with Gasteiger partial charge >= 0.3 is 5.82 Å². The Kier molecular flexibility index (Phi) is 3.29. The number of hydrogen-bond acceptors (Lipinski definition) is 3. The van der Waals surface area contributed by atoms with Gasteiger partial charge in [-0.1, -0.05) is 0 Å². The van der Waals surface area contributed by atoms with Crippen LogP contribution in [0.25, 0.3) is 0 Å². The van der Waals surface area contributed by atoms with Gasteiger partial charge in [-0.3, -0.25) is 0 Å². The molecule has 0 fully saturated rings. The second kappa shape index (κ2) is 4.11. The van der Waals surface area contributed by atoms with E-state index in [-0.39, 0.29) is 14.8 Å². The second-order valence-electron chi connectivity index (χ2n) is 2.56. The van der Waals surface area contributed by atoms with Gasteiger partial charge in [-0.2, -0.15) is 0 Å². The SMILES string of the molecule is Cc1cc([N+](=O)[O-])nc(I)c1C(F)F. The molecule has 1 rings (SSSR count). The standard InChI is InChI=1S/C7H5F2IN2O2/c1-3-2-4(12(13)14)11-7(10)5(3)6(8)9/h2,6H,1H3. The van der Waals surface area contributed by atoms with Crippen LogP contribution in [0.4, 0.5) is 14.6 Å². The maximum absolute atomic E-state index is 12.4. The molecule has 0 aliphatic rings. The first-order valence-electron chi connectivity index (χ1n) is 3.53. The monoisotopic (exact) mass is 314 g/mol. The third-order valence-electron chi connectivity index (χ3n) is 1.61. The minimum Gasteiger partial charge on any atom is -0.358 e. The molecule has 0 spiro atoms. The van der Waals surface area contributed by atoms with E-state index >= 15 is 0 Å². The van der Waals surface area contributed by atoms with Crippen molar-refractivity contribution in [2.24, 2.45) is 0 Å². The average Bonchev–Trinajstić information content (AvgIpc) is 2.01. The average molecular weight is 314 g/mol. The Morgan fingerprint density at radius 1 is 1.64 bits per heavy atom. The van der Waals surface area contributed by atoms with E-state index in [9.17, 15) is 18.9 Å². The summed E-state index contributed by atoms with van der Waals surface area (Å²) in [6.07, 6.45) is -2.66. The van der Waals surface area contributed by atoms with Crippen molar-refractivity contribution in [2.75, 3.05) is 0 Å². The van der Waals surface area contributed by atoms with Crippen molar-refractivity contribution in [3.63, 3.8) is 0 Å². The summed E-state index contributed by atoms with van der Waals surface area (Å²) in [6, 6.07) is 1.05. The molecule has 1 heterocycles. The topological polar surface area (TPSA) is 56.0 Å². The normalized spacial score (nSPS) is 10.6. The summed E-state index contributed by atoms with van der Waals surface area (Å²) < 4.78 is 24.8. The Morgan fingerprint density at radius 3 is 2.57 bits per heavy atom. The number of aryl methyl sites for hydroxylation is 1. The number of rotatable bonds is 2. The van der Waals surface area contributed by atoms with E-state index in [4.69, 9.17) is 0 Å². The van der Waals surface area contributed by atoms with Gasteiger partial charge < -0.3 is 10.1 Å². The first-order valence-corrected chi connectivity index (χ1v) is 4.61. The molecule has 0 amide bonds. The van der Waals surface area contributed by atoms with E-state index in [0.717, 1.165) is 6.07 Å². The molecule has 0 aromatic carbocycles. The van der Waals surface area contributed by atoms with Crippen LogP contribution in [0.15, 0.2) is 6.07 Å². The number of nitrogens with zero attached hydrogens (tertiary/aromatic N) is 2. The molecule has 0 saturated heterocycles. The van der Waals surface area contributed by atoms with E-state index in [1.54, 1.807) is 22.6 Å². The summed E-state index contributed by atoms with van der Waals surface area (Å²) in [4.78, 5) is 13.1. The Balaban J connectivity index is 3.32. The molecule has 0 bridgehead atoms. The number of pyridine rings is 1. The minimum atomic E-state index is -2.66. The number of alkyl halides is 2. The third kappa shape index (κ3) is 2.14. The van der Waals surface area contributed by atoms with Crippen LogP contribution in [-0.2, 0) is 0 Å². The predicted octanol–water partition coefficient (Wildman–Crippen LogP) is 2.84. The zero-order valence-corrected chi connectivity index (χ0v) is 9.16. The molecule has 1 aromatic rings. The van der Waals surface area contributed by atoms with E-state index in [1.807, 2.05) is 0 Å². The molecule has 4 nitrogen and oxygen atoms in total. The highest BCUT2D eigenvalue weighted by molar-refractivity contribution is 14.1. The largest absolute Gasteiger partial charge is 0.364 e. The zero-order valence-electron chi connectivity index (χ0n) is 7.00. The number of aromatic nitrogens is 1. The Bertz CT molecular complexity index is 361. The van der Waals surface area contributed by atoms with Crippen molar-refractivity contribution >= 4 is 28.4 Å². The van der Waals surface area contributed by atoms with Gasteiger partial charge in [-0.05, 0) is 22.4 Å². The molecule has 76 valence electrons. The van der Waals surface area contributed by atoms with Crippen molar-refractivity contribution in [1.82, 2.24) is 4.98 Å². The summed E-state index contributed by atoms with van der Waals surface area (Å²) in [5.41, 5.74) is -0.0534. The summed E-state index contributed by atoms with van der Waals surface area (Å²) in [7, 11) is 0. The van der Waals surface area contributed by atoms with Crippen molar-refractivity contribution in [2.45, 2.75) is 13.3 Å². The predicted molar refractivity (Wildman–Crippen MR) is 53.3 cm³/mol. The van der Waals surface area contributed by atoms with Crippen LogP contribution in [0.3, 0.4) is 0 Å². The van der Waals surface area contributed by atoms with Gasteiger partial charge in [-0.25, -0.2) is 8.78 Å². The molecule has 0 atom stereocenters. The van der Waals surface area contributed by atoms with E-state index in [2.05, 4.69) is 4.98 Å². The molecule has 7 heteroatoms. The van der Waals surface area contributed by atoms with Gasteiger partial charge in [0.25, 0.3) is 6.43 Å². The fourth-order valence-electron chi connectivity index (χ4n) is 0.983. The van der Waals surface area contributed by atoms with Gasteiger partial charge in [0.15, 0.2) is 0 Å². The first-order chi connectivity index (χ1) is 6.43. The smallest absolute Gasteiger partial charge is 0.358 e. The van der Waals surface area contributed by atoms with Crippen LogP contribution in [0.1, 0.15) is 17.6 Å². The maximum Gasteiger partial charge on any atom is 0.364 e. The van der Waals surface area contributed by atoms with Crippen LogP contribution < -0.4 is 0 Å². The summed E-state index contributed by atoms with van der Waals surface area (Å²) >= 11 is 1.56. The number of halogens is 3. The summed E-state index contributed by atoms with van der Waals surface area (Å²) in [5, 5.41) is 10.3. The highest BCUT2D eigenvalue weighted by Gasteiger charge is 2.22. The lowest BCUT2D eigenvalue weighted by Gasteiger charge is -2.03. The summed E-state index contributed by atoms with van der Waals surface area (Å²) in [5.74, 6) is -0.406. The van der Waals surface area contributed by atoms with Crippen molar-refractivity contribution in [3.8, 4) is 0 Å². The fraction of sp³-hybridized carbons (Fsp3) is 0.286. The molecule has 14 heavy (non-hydrogen) atoms. The van der Waals surface area contributed by atoms with Gasteiger partial charge in [0, 0.05) is 28.7 Å². The molecule has 0 aliphatic carbocycles. The van der Waals surface area contributed by atoms with Crippen molar-refractivity contribution in [1.29, 1.82) is 0 Å². The summed E-state index contributed by atoms with van der Waals surface area (Å²) in [6.45, 7) is 1.40. The zero-order chi connectivity index (χ0) is 10.9. The highest BCUT2D eigenvalue weighted by atomic mass is 127. The molecular formula is C7H5F2IN2O2. The Labute approximate surface area is 91.6 Å². The maximum atomic E-state index is 12.4. The van der Waals surface area contributed by atoms with Crippen LogP contribution in [0.2, 0.25) is 0 Å². The molecule has 1 aromatic heterocycles. The molecule has 0 saturated carbocycles. The quantitative estimate of drug-likeness (QED) is 0.365. The van der Waals surface area contributed by atoms with E-state index in [1.165, 1.54) is 6.92 Å². The lowest BCUT2D eigenvalue weighted by atomic mass is 10.2. The van der Waals surface area contributed by atoms with Crippen LogP contribution >= 0.6 is 22.6 Å². The molecule has 0 unspecified atom stereocenters. The Hall–Kier alpha value is -0.860. The molecular weight excluding hydrogens is 309 g/mol. The molecule has 0 N–H and O–H groups in total. The Morgan fingerprint density at radius 2 is 2.21 bits per heavy atom. The van der Waals surface area contributed by atoms with Crippen molar-refractivity contribution < 1.29 is 13.7 Å². The van der Waals surface area contributed by atoms with Crippen molar-refractivity contribution in [3.05, 3.63) is 31.0 Å². The van der Waals surface area contributed by atoms with Crippen LogP contribution in [0.5, 0.6) is 0 Å². The van der Waals surface area contributed by atoms with E-state index in [0.29, 0.717) is 0 Å². The second-order valence-corrected chi connectivity index (χ2v) is 3.58. The van der Waals surface area contributed by atoms with E-state index < -0.39 is 17.2 Å². The van der Waals surface area contributed by atoms with Gasteiger partial charge in [0.05, 0.1) is 5.56 Å². The molecule has 0 radical (unpaired) electrons. The van der Waals surface area contributed by atoms with Gasteiger partial charge in [-0.15, -0.1) is 0 Å². The number of hydrogen-bond donors (Lipinski definition) is 0. The highest BCUT2D eigenvalue weighted by Crippen LogP contribution is 2.28. The lowest BCUT2D eigenvalue weighted by molar-refractivity contribution is -0.389. The third-order valence-corrected chi connectivity index (χ3v) is 2.43. The van der Waals surface area contributed by atoms with Gasteiger partial charge in [0.2, 0.25) is 3.70 Å².